The number of allylic oxidation sites excluding steroid dienone is 7. The Morgan fingerprint density at radius 2 is 1.33 bits per heavy atom. The molecule has 0 bridgehead atoms. The molecule has 3 unspecified atom stereocenters. The molecular weight excluding hydrogens is 551 g/mol. The van der Waals surface area contributed by atoms with E-state index in [2.05, 4.69) is 55.6 Å². The zero-order valence-corrected chi connectivity index (χ0v) is 27.4. The number of nitrogens with two attached hydrogens (primary N) is 1. The molecule has 0 aromatic heterocycles. The fraction of sp³-hybridized carbons (Fsp3) is 0.727. The van der Waals surface area contributed by atoms with Crippen molar-refractivity contribution in [1.29, 1.82) is 0 Å². The van der Waals surface area contributed by atoms with Gasteiger partial charge in [0.2, 0.25) is 5.91 Å². The number of carbonyl (C=O) groups is 1. The number of aliphatic hydroxyl groups is 1. The second-order valence-electron chi connectivity index (χ2n) is 10.6. The highest BCUT2D eigenvalue weighted by Gasteiger charge is 2.26. The Labute approximate surface area is 256 Å². The van der Waals surface area contributed by atoms with Gasteiger partial charge in [0, 0.05) is 13.0 Å². The topological polar surface area (TPSA) is 131 Å². The van der Waals surface area contributed by atoms with Gasteiger partial charge in [-0.25, -0.2) is 4.57 Å². The predicted molar refractivity (Wildman–Crippen MR) is 175 cm³/mol. The Morgan fingerprint density at radius 3 is 1.95 bits per heavy atom. The molecule has 0 rings (SSSR count). The highest BCUT2D eigenvalue weighted by atomic mass is 31.2. The van der Waals surface area contributed by atoms with Gasteiger partial charge in [-0.05, 0) is 64.2 Å². The first-order chi connectivity index (χ1) is 20.4. The third kappa shape index (κ3) is 27.3. The number of rotatable bonds is 29. The van der Waals surface area contributed by atoms with Gasteiger partial charge in [0.1, 0.15) is 0 Å². The minimum atomic E-state index is -4.34. The molecule has 0 aliphatic heterocycles. The molecule has 0 spiro atoms. The summed E-state index contributed by atoms with van der Waals surface area (Å²) in [5.74, 6) is -0.224. The van der Waals surface area contributed by atoms with Crippen molar-refractivity contribution in [2.45, 2.75) is 135 Å². The Kier molecular flexibility index (Phi) is 28.4. The van der Waals surface area contributed by atoms with Gasteiger partial charge in [-0.15, -0.1) is 0 Å². The predicted octanol–water partition coefficient (Wildman–Crippen LogP) is 7.82. The maximum atomic E-state index is 12.6. The molecule has 0 aliphatic carbocycles. The van der Waals surface area contributed by atoms with E-state index in [9.17, 15) is 19.4 Å². The average molecular weight is 613 g/mol. The molecule has 0 aromatic rings. The Balaban J connectivity index is 4.49. The molecule has 9 heteroatoms. The van der Waals surface area contributed by atoms with Gasteiger partial charge in [0.05, 0.1) is 25.4 Å². The first-order valence-electron chi connectivity index (χ1n) is 16.3. The largest absolute Gasteiger partial charge is 0.472 e. The summed E-state index contributed by atoms with van der Waals surface area (Å²) in [6, 6.07) is -0.884. The molecular formula is C33H61N2O6P. The van der Waals surface area contributed by atoms with Crippen LogP contribution in [-0.2, 0) is 18.4 Å². The highest BCUT2D eigenvalue weighted by Crippen LogP contribution is 2.43. The van der Waals surface area contributed by atoms with Gasteiger partial charge in [-0.3, -0.25) is 13.8 Å². The summed E-state index contributed by atoms with van der Waals surface area (Å²) in [5.41, 5.74) is 5.32. The summed E-state index contributed by atoms with van der Waals surface area (Å²) in [4.78, 5) is 22.4. The average Bonchev–Trinajstić information content (AvgIpc) is 2.97. The van der Waals surface area contributed by atoms with Crippen LogP contribution in [0, 0.1) is 0 Å². The smallest absolute Gasteiger partial charge is 0.387 e. The van der Waals surface area contributed by atoms with Crippen LogP contribution in [0.4, 0.5) is 0 Å². The number of hydrogen-bond donors (Lipinski definition) is 4. The number of unbranched alkanes of at least 4 members (excludes halogenated alkanes) is 11. The van der Waals surface area contributed by atoms with Crippen LogP contribution < -0.4 is 11.1 Å². The van der Waals surface area contributed by atoms with Gasteiger partial charge in [-0.1, -0.05) is 101 Å². The maximum Gasteiger partial charge on any atom is 0.472 e. The first-order valence-corrected chi connectivity index (χ1v) is 17.8. The summed E-state index contributed by atoms with van der Waals surface area (Å²) in [5, 5.41) is 13.5. The van der Waals surface area contributed by atoms with Crippen LogP contribution in [0.25, 0.3) is 0 Å². The zero-order chi connectivity index (χ0) is 31.2. The summed E-state index contributed by atoms with van der Waals surface area (Å²) >= 11 is 0. The fourth-order valence-corrected chi connectivity index (χ4v) is 4.92. The van der Waals surface area contributed by atoms with Crippen molar-refractivity contribution in [3.05, 3.63) is 48.6 Å². The SMILES string of the molecule is CC/C=C/CC/C=C/CC/C=C/C(O)C(COP(=O)(O)OCCN)NC(=O)CCCCCCC/C=C\CCCCCC. The van der Waals surface area contributed by atoms with Crippen LogP contribution in [0.3, 0.4) is 0 Å². The molecule has 0 aliphatic rings. The monoisotopic (exact) mass is 612 g/mol. The number of phosphoric ester groups is 1. The van der Waals surface area contributed by atoms with Gasteiger partial charge < -0.3 is 21.1 Å². The minimum absolute atomic E-state index is 0.0686. The first kappa shape index (κ1) is 40.5. The minimum Gasteiger partial charge on any atom is -0.387 e. The lowest BCUT2D eigenvalue weighted by atomic mass is 10.1. The lowest BCUT2D eigenvalue weighted by molar-refractivity contribution is -0.123. The molecule has 8 nitrogen and oxygen atoms in total. The van der Waals surface area contributed by atoms with Crippen molar-refractivity contribution in [2.24, 2.45) is 5.73 Å². The lowest BCUT2D eigenvalue weighted by Gasteiger charge is -2.23. The van der Waals surface area contributed by atoms with E-state index >= 15 is 0 Å². The van der Waals surface area contributed by atoms with Crippen LogP contribution in [0.5, 0.6) is 0 Å². The summed E-state index contributed by atoms with van der Waals surface area (Å²) in [7, 11) is -4.34. The van der Waals surface area contributed by atoms with Crippen LogP contribution in [0.15, 0.2) is 48.6 Å². The Bertz CT molecular complexity index is 799. The van der Waals surface area contributed by atoms with Gasteiger partial charge in [-0.2, -0.15) is 0 Å². The van der Waals surface area contributed by atoms with Crippen molar-refractivity contribution >= 4 is 13.7 Å². The van der Waals surface area contributed by atoms with Gasteiger partial charge >= 0.3 is 7.82 Å². The number of hydrogen-bond acceptors (Lipinski definition) is 6. The molecule has 0 aromatic carbocycles. The summed E-state index contributed by atoms with van der Waals surface area (Å²) in [6.07, 6.45) is 33.1. The van der Waals surface area contributed by atoms with Crippen LogP contribution in [-0.4, -0.2) is 47.8 Å². The van der Waals surface area contributed by atoms with E-state index in [0.717, 1.165) is 70.6 Å². The van der Waals surface area contributed by atoms with E-state index in [0.29, 0.717) is 6.42 Å². The van der Waals surface area contributed by atoms with Gasteiger partial charge in [0.15, 0.2) is 0 Å². The number of amides is 1. The van der Waals surface area contributed by atoms with Crippen LogP contribution in [0.2, 0.25) is 0 Å². The van der Waals surface area contributed by atoms with E-state index < -0.39 is 20.0 Å². The number of nitrogens with one attached hydrogen (secondary N) is 1. The van der Waals surface area contributed by atoms with E-state index in [4.69, 9.17) is 14.8 Å². The molecule has 1 amide bonds. The van der Waals surface area contributed by atoms with Crippen molar-refractivity contribution in [2.75, 3.05) is 19.8 Å². The standard InChI is InChI=1S/C33H61N2O6P/c1-3-5-7-9-11-13-15-16-17-19-21-23-25-27-33(37)35-31(30-41-42(38,39)40-29-28-34)32(36)26-24-22-20-18-14-12-10-8-6-4-2/h6,8,13-15,18,24,26,31-32,36H,3-5,7,9-12,16-17,19-23,25,27-30,34H2,1-2H3,(H,35,37)(H,38,39)/b8-6+,15-13-,18-14+,26-24+. The van der Waals surface area contributed by atoms with E-state index in [1.807, 2.05) is 6.08 Å². The van der Waals surface area contributed by atoms with Crippen LogP contribution in [0.1, 0.15) is 123 Å². The van der Waals surface area contributed by atoms with E-state index in [1.54, 1.807) is 6.08 Å². The molecule has 0 saturated heterocycles. The molecule has 0 heterocycles. The molecule has 0 fully saturated rings. The number of carbonyl (C=O) groups excluding carboxylic acids is 1. The number of aliphatic hydroxyl groups excluding tert-OH is 1. The third-order valence-electron chi connectivity index (χ3n) is 6.62. The Morgan fingerprint density at radius 1 is 0.786 bits per heavy atom. The second kappa shape index (κ2) is 29.5. The van der Waals surface area contributed by atoms with Crippen LogP contribution >= 0.6 is 7.82 Å². The van der Waals surface area contributed by atoms with E-state index in [-0.39, 0.29) is 25.7 Å². The van der Waals surface area contributed by atoms with Crippen molar-refractivity contribution < 1.29 is 28.4 Å². The zero-order valence-electron chi connectivity index (χ0n) is 26.5. The summed E-state index contributed by atoms with van der Waals surface area (Å²) < 4.78 is 21.9. The maximum absolute atomic E-state index is 12.6. The molecule has 3 atom stereocenters. The molecule has 0 saturated carbocycles. The van der Waals surface area contributed by atoms with Gasteiger partial charge in [0.25, 0.3) is 0 Å². The van der Waals surface area contributed by atoms with Crippen molar-refractivity contribution in [3.8, 4) is 0 Å². The van der Waals surface area contributed by atoms with E-state index in [1.165, 1.54) is 32.1 Å². The molecule has 244 valence electrons. The quantitative estimate of drug-likeness (QED) is 0.0385. The lowest BCUT2D eigenvalue weighted by Crippen LogP contribution is -2.45. The fourth-order valence-electron chi connectivity index (χ4n) is 4.16. The third-order valence-corrected chi connectivity index (χ3v) is 7.60. The Hall–Kier alpha value is -1.54. The molecule has 5 N–H and O–H groups in total. The normalized spacial score (nSPS) is 15.3. The van der Waals surface area contributed by atoms with Crippen molar-refractivity contribution in [1.82, 2.24) is 5.32 Å². The van der Waals surface area contributed by atoms with Crippen molar-refractivity contribution in [3.63, 3.8) is 0 Å². The molecule has 0 radical (unpaired) electrons. The second-order valence-corrected chi connectivity index (χ2v) is 12.1. The molecule has 42 heavy (non-hydrogen) atoms. The number of phosphoric acid groups is 1. The highest BCUT2D eigenvalue weighted by molar-refractivity contribution is 7.47. The summed E-state index contributed by atoms with van der Waals surface area (Å²) in [6.45, 7) is 3.91.